The average molecular weight is 379 g/mol. The fourth-order valence-electron chi connectivity index (χ4n) is 3.20. The molecule has 144 valence electrons. The van der Waals surface area contributed by atoms with Crippen LogP contribution in [-0.2, 0) is 4.79 Å². The number of benzene rings is 1. The summed E-state index contributed by atoms with van der Waals surface area (Å²) in [7, 11) is 0. The molecule has 0 unspecified atom stereocenters. The lowest BCUT2D eigenvalue weighted by Gasteiger charge is -2.36. The standard InChI is InChI=1S/C19H21N7O2/c1-14-7-8-20-19-22-17(23-26(14)19)18(28)21-13-16(27)25-11-9-24(10-12-25)15-5-3-2-4-6-15/h2-8H,9-13H2,1H3,(H,21,28). The Balaban J connectivity index is 1.30. The monoisotopic (exact) mass is 379 g/mol. The van der Waals surface area contributed by atoms with E-state index in [1.165, 1.54) is 4.52 Å². The van der Waals surface area contributed by atoms with Crippen molar-refractivity contribution in [1.82, 2.24) is 29.8 Å². The number of anilines is 1. The Labute approximate surface area is 162 Å². The molecule has 2 amide bonds. The van der Waals surface area contributed by atoms with Crippen LogP contribution < -0.4 is 10.2 Å². The third kappa shape index (κ3) is 3.64. The Morgan fingerprint density at radius 3 is 2.54 bits per heavy atom. The molecule has 0 radical (unpaired) electrons. The van der Waals surface area contributed by atoms with Gasteiger partial charge in [0.2, 0.25) is 11.7 Å². The number of aryl methyl sites for hydroxylation is 1. The lowest BCUT2D eigenvalue weighted by Crippen LogP contribution is -2.51. The van der Waals surface area contributed by atoms with E-state index in [0.29, 0.717) is 18.9 Å². The first-order valence-electron chi connectivity index (χ1n) is 9.16. The fourth-order valence-corrected chi connectivity index (χ4v) is 3.20. The molecule has 28 heavy (non-hydrogen) atoms. The molecule has 1 aliphatic heterocycles. The van der Waals surface area contributed by atoms with E-state index in [4.69, 9.17) is 0 Å². The number of fused-ring (bicyclic) bond motifs is 1. The maximum Gasteiger partial charge on any atom is 0.291 e. The second kappa shape index (κ2) is 7.63. The van der Waals surface area contributed by atoms with Gasteiger partial charge in [-0.1, -0.05) is 18.2 Å². The molecule has 1 saturated heterocycles. The maximum absolute atomic E-state index is 12.4. The van der Waals surface area contributed by atoms with Gasteiger partial charge < -0.3 is 15.1 Å². The number of aromatic nitrogens is 4. The highest BCUT2D eigenvalue weighted by Gasteiger charge is 2.22. The topological polar surface area (TPSA) is 95.7 Å². The summed E-state index contributed by atoms with van der Waals surface area (Å²) in [6.45, 7) is 4.56. The molecule has 3 aromatic rings. The number of para-hydroxylation sites is 1. The van der Waals surface area contributed by atoms with Crippen LogP contribution in [0.5, 0.6) is 0 Å². The van der Waals surface area contributed by atoms with Gasteiger partial charge in [0, 0.05) is 43.8 Å². The summed E-state index contributed by atoms with van der Waals surface area (Å²) in [5, 5.41) is 6.76. The predicted molar refractivity (Wildman–Crippen MR) is 103 cm³/mol. The number of amides is 2. The Morgan fingerprint density at radius 1 is 1.07 bits per heavy atom. The minimum atomic E-state index is -0.485. The van der Waals surface area contributed by atoms with Crippen LogP contribution in [0.15, 0.2) is 42.6 Å². The molecule has 3 heterocycles. The molecule has 2 aromatic heterocycles. The first-order valence-corrected chi connectivity index (χ1v) is 9.16. The van der Waals surface area contributed by atoms with E-state index in [1.807, 2.05) is 25.1 Å². The van der Waals surface area contributed by atoms with Crippen molar-refractivity contribution in [3.8, 4) is 0 Å². The quantitative estimate of drug-likeness (QED) is 0.710. The van der Waals surface area contributed by atoms with Crippen LogP contribution in [0.3, 0.4) is 0 Å². The van der Waals surface area contributed by atoms with Crippen molar-refractivity contribution in [1.29, 1.82) is 0 Å². The molecule has 1 aliphatic rings. The summed E-state index contributed by atoms with van der Waals surface area (Å²) >= 11 is 0. The summed E-state index contributed by atoms with van der Waals surface area (Å²) < 4.78 is 1.50. The van der Waals surface area contributed by atoms with Crippen molar-refractivity contribution in [2.75, 3.05) is 37.6 Å². The lowest BCUT2D eigenvalue weighted by atomic mass is 10.2. The highest BCUT2D eigenvalue weighted by atomic mass is 16.2. The average Bonchev–Trinajstić information content (AvgIpc) is 3.18. The summed E-state index contributed by atoms with van der Waals surface area (Å²) in [5.41, 5.74) is 1.98. The molecular weight excluding hydrogens is 358 g/mol. The summed E-state index contributed by atoms with van der Waals surface area (Å²) in [5.74, 6) is -0.239. The van der Waals surface area contributed by atoms with Crippen molar-refractivity contribution < 1.29 is 9.59 Å². The van der Waals surface area contributed by atoms with Crippen LogP contribution in [0, 0.1) is 6.92 Å². The SMILES string of the molecule is Cc1ccnc2nc(C(=O)NCC(=O)N3CCN(c4ccccc4)CC3)nn12. The van der Waals surface area contributed by atoms with Crippen LogP contribution in [0.2, 0.25) is 0 Å². The third-order valence-electron chi connectivity index (χ3n) is 4.79. The number of piperazine rings is 1. The van der Waals surface area contributed by atoms with Crippen LogP contribution in [0.4, 0.5) is 5.69 Å². The number of hydrogen-bond donors (Lipinski definition) is 1. The van der Waals surface area contributed by atoms with Gasteiger partial charge in [-0.15, -0.1) is 5.10 Å². The van der Waals surface area contributed by atoms with E-state index in [2.05, 4.69) is 37.4 Å². The van der Waals surface area contributed by atoms with Gasteiger partial charge in [0.25, 0.3) is 11.7 Å². The molecule has 4 rings (SSSR count). The Morgan fingerprint density at radius 2 is 1.82 bits per heavy atom. The minimum absolute atomic E-state index is 0.00324. The summed E-state index contributed by atoms with van der Waals surface area (Å²) in [6, 6.07) is 11.9. The van der Waals surface area contributed by atoms with Crippen LogP contribution >= 0.6 is 0 Å². The second-order valence-electron chi connectivity index (χ2n) is 6.62. The molecule has 0 saturated carbocycles. The molecule has 0 bridgehead atoms. The highest BCUT2D eigenvalue weighted by Crippen LogP contribution is 2.15. The molecular formula is C19H21N7O2. The van der Waals surface area contributed by atoms with Crippen molar-refractivity contribution in [3.63, 3.8) is 0 Å². The molecule has 0 spiro atoms. The zero-order valence-electron chi connectivity index (χ0n) is 15.6. The first-order chi connectivity index (χ1) is 13.6. The van der Waals surface area contributed by atoms with E-state index in [0.717, 1.165) is 24.5 Å². The van der Waals surface area contributed by atoms with Gasteiger partial charge >= 0.3 is 0 Å². The zero-order chi connectivity index (χ0) is 19.5. The van der Waals surface area contributed by atoms with E-state index in [1.54, 1.807) is 17.2 Å². The van der Waals surface area contributed by atoms with E-state index >= 15 is 0 Å². The van der Waals surface area contributed by atoms with Gasteiger partial charge in [-0.3, -0.25) is 9.59 Å². The fraction of sp³-hybridized carbons (Fsp3) is 0.316. The molecule has 1 aromatic carbocycles. The van der Waals surface area contributed by atoms with Gasteiger partial charge in [-0.05, 0) is 25.1 Å². The summed E-state index contributed by atoms with van der Waals surface area (Å²) in [6.07, 6.45) is 1.61. The van der Waals surface area contributed by atoms with Crippen molar-refractivity contribution in [2.45, 2.75) is 6.92 Å². The number of nitrogens with one attached hydrogen (secondary N) is 1. The molecule has 1 N–H and O–H groups in total. The lowest BCUT2D eigenvalue weighted by molar-refractivity contribution is -0.130. The second-order valence-corrected chi connectivity index (χ2v) is 6.62. The molecule has 9 heteroatoms. The molecule has 0 aliphatic carbocycles. The van der Waals surface area contributed by atoms with Crippen molar-refractivity contribution in [2.24, 2.45) is 0 Å². The number of hydrogen-bond acceptors (Lipinski definition) is 6. The first kappa shape index (κ1) is 17.9. The smallest absolute Gasteiger partial charge is 0.291 e. The Bertz CT molecular complexity index is 994. The van der Waals surface area contributed by atoms with Crippen LogP contribution in [0.25, 0.3) is 5.78 Å². The van der Waals surface area contributed by atoms with E-state index in [-0.39, 0.29) is 18.3 Å². The molecule has 1 fully saturated rings. The minimum Gasteiger partial charge on any atom is -0.368 e. The number of carbonyl (C=O) groups excluding carboxylic acids is 2. The highest BCUT2D eigenvalue weighted by molar-refractivity contribution is 5.93. The van der Waals surface area contributed by atoms with Gasteiger partial charge in [0.05, 0.1) is 6.54 Å². The predicted octanol–water partition coefficient (Wildman–Crippen LogP) is 0.511. The maximum atomic E-state index is 12.4. The van der Waals surface area contributed by atoms with Gasteiger partial charge in [0.15, 0.2) is 0 Å². The number of carbonyl (C=O) groups is 2. The zero-order valence-corrected chi connectivity index (χ0v) is 15.6. The normalized spacial score (nSPS) is 14.3. The Kier molecular flexibility index (Phi) is 4.88. The van der Waals surface area contributed by atoms with Crippen molar-refractivity contribution in [3.05, 3.63) is 54.1 Å². The van der Waals surface area contributed by atoms with E-state index < -0.39 is 5.91 Å². The van der Waals surface area contributed by atoms with Crippen LogP contribution in [-0.4, -0.2) is 69.0 Å². The molecule has 9 nitrogen and oxygen atoms in total. The van der Waals surface area contributed by atoms with Gasteiger partial charge in [-0.25, -0.2) is 9.50 Å². The van der Waals surface area contributed by atoms with Crippen molar-refractivity contribution >= 4 is 23.3 Å². The van der Waals surface area contributed by atoms with Gasteiger partial charge in [0.1, 0.15) is 0 Å². The largest absolute Gasteiger partial charge is 0.368 e. The Hall–Kier alpha value is -3.49. The third-order valence-corrected chi connectivity index (χ3v) is 4.79. The molecule has 0 atom stereocenters. The number of nitrogens with zero attached hydrogens (tertiary/aromatic N) is 6. The van der Waals surface area contributed by atoms with Crippen LogP contribution in [0.1, 0.15) is 16.3 Å². The summed E-state index contributed by atoms with van der Waals surface area (Å²) in [4.78, 5) is 36.9. The number of rotatable bonds is 4. The van der Waals surface area contributed by atoms with E-state index in [9.17, 15) is 9.59 Å². The van der Waals surface area contributed by atoms with Gasteiger partial charge in [-0.2, -0.15) is 4.98 Å².